The van der Waals surface area contributed by atoms with Crippen LogP contribution in [0.2, 0.25) is 0 Å². The fourth-order valence-electron chi connectivity index (χ4n) is 1.18. The molecule has 0 aliphatic heterocycles. The van der Waals surface area contributed by atoms with Crippen molar-refractivity contribution >= 4 is 10.8 Å². The van der Waals surface area contributed by atoms with E-state index in [2.05, 4.69) is 11.1 Å². The minimum absolute atomic E-state index is 0.426. The molecular weight excluding hydrogens is 191 g/mol. The van der Waals surface area contributed by atoms with E-state index in [1.807, 2.05) is 0 Å². The van der Waals surface area contributed by atoms with E-state index in [0.717, 1.165) is 6.07 Å². The van der Waals surface area contributed by atoms with Gasteiger partial charge in [0.15, 0.2) is 0 Å². The first-order valence-corrected chi connectivity index (χ1v) is 3.90. The lowest BCUT2D eigenvalue weighted by Gasteiger charge is -2.06. The van der Waals surface area contributed by atoms with Gasteiger partial charge < -0.3 is 0 Å². The highest BCUT2D eigenvalue weighted by Gasteiger charge is 2.30. The predicted molar refractivity (Wildman–Crippen MR) is 45.6 cm³/mol. The van der Waals surface area contributed by atoms with Gasteiger partial charge in [-0.3, -0.25) is 4.98 Å². The van der Waals surface area contributed by atoms with Gasteiger partial charge in [-0.1, -0.05) is 6.07 Å². The summed E-state index contributed by atoms with van der Waals surface area (Å²) < 4.78 is 36.8. The lowest BCUT2D eigenvalue weighted by Crippen LogP contribution is -2.04. The minimum atomic E-state index is -4.34. The highest BCUT2D eigenvalue weighted by molar-refractivity contribution is 5.81. The predicted octanol–water partition coefficient (Wildman–Crippen LogP) is 3.05. The number of halogens is 3. The molecule has 0 saturated heterocycles. The van der Waals surface area contributed by atoms with E-state index in [9.17, 15) is 13.2 Å². The average molecular weight is 196 g/mol. The highest BCUT2D eigenvalue weighted by atomic mass is 19.4. The van der Waals surface area contributed by atoms with Gasteiger partial charge >= 0.3 is 6.18 Å². The van der Waals surface area contributed by atoms with Gasteiger partial charge in [0.05, 0.1) is 5.56 Å². The Morgan fingerprint density at radius 2 is 1.93 bits per heavy atom. The number of nitrogens with zero attached hydrogens (tertiary/aromatic N) is 1. The fraction of sp³-hybridized carbons (Fsp3) is 0.100. The van der Waals surface area contributed by atoms with Gasteiger partial charge in [0.2, 0.25) is 0 Å². The molecule has 1 radical (unpaired) electrons. The number of hydrogen-bond acceptors (Lipinski definition) is 1. The smallest absolute Gasteiger partial charge is 0.264 e. The molecule has 1 aromatic heterocycles. The third-order valence-corrected chi connectivity index (χ3v) is 1.86. The van der Waals surface area contributed by atoms with Crippen LogP contribution in [0.4, 0.5) is 13.2 Å². The first-order chi connectivity index (χ1) is 6.57. The molecule has 2 aromatic rings. The van der Waals surface area contributed by atoms with Gasteiger partial charge in [-0.25, -0.2) is 0 Å². The summed E-state index contributed by atoms with van der Waals surface area (Å²) in [5.74, 6) is 0. The summed E-state index contributed by atoms with van der Waals surface area (Å²) in [4.78, 5) is 3.80. The first kappa shape index (κ1) is 8.99. The molecule has 0 fully saturated rings. The summed E-state index contributed by atoms with van der Waals surface area (Å²) in [6.45, 7) is 0. The molecule has 71 valence electrons. The zero-order chi connectivity index (χ0) is 10.2. The van der Waals surface area contributed by atoms with E-state index in [1.165, 1.54) is 24.5 Å². The maximum absolute atomic E-state index is 12.3. The Kier molecular flexibility index (Phi) is 1.91. The van der Waals surface area contributed by atoms with Crippen LogP contribution < -0.4 is 0 Å². The fourth-order valence-corrected chi connectivity index (χ4v) is 1.18. The normalized spacial score (nSPS) is 11.9. The van der Waals surface area contributed by atoms with E-state index >= 15 is 0 Å². The molecule has 4 heteroatoms. The molecule has 1 nitrogen and oxygen atoms in total. The Bertz CT molecular complexity index is 462. The van der Waals surface area contributed by atoms with Crippen molar-refractivity contribution in [3.8, 4) is 0 Å². The van der Waals surface area contributed by atoms with Crippen molar-refractivity contribution < 1.29 is 13.2 Å². The summed E-state index contributed by atoms with van der Waals surface area (Å²) in [7, 11) is 0. The Hall–Kier alpha value is -1.58. The van der Waals surface area contributed by atoms with Crippen LogP contribution in [-0.4, -0.2) is 4.98 Å². The summed E-state index contributed by atoms with van der Waals surface area (Å²) in [5.41, 5.74) is -0.754. The number of fused-ring (bicyclic) bond motifs is 1. The molecule has 0 N–H and O–H groups in total. The molecule has 0 bridgehead atoms. The molecular formula is C10H5F3N. The van der Waals surface area contributed by atoms with Crippen molar-refractivity contribution in [3.63, 3.8) is 0 Å². The highest BCUT2D eigenvalue weighted by Crippen LogP contribution is 2.30. The maximum atomic E-state index is 12.3. The summed E-state index contributed by atoms with van der Waals surface area (Å²) >= 11 is 0. The monoisotopic (exact) mass is 196 g/mol. The molecule has 0 saturated carbocycles. The average Bonchev–Trinajstić information content (AvgIpc) is 2.16. The van der Waals surface area contributed by atoms with Gasteiger partial charge in [-0.15, -0.1) is 0 Å². The van der Waals surface area contributed by atoms with Gasteiger partial charge in [0.1, 0.15) is 0 Å². The van der Waals surface area contributed by atoms with Gasteiger partial charge in [-0.2, -0.15) is 13.2 Å². The van der Waals surface area contributed by atoms with Crippen molar-refractivity contribution in [2.24, 2.45) is 0 Å². The molecule has 1 heterocycles. The van der Waals surface area contributed by atoms with Crippen LogP contribution in [0.15, 0.2) is 30.6 Å². The second-order valence-corrected chi connectivity index (χ2v) is 2.83. The summed E-state index contributed by atoms with van der Waals surface area (Å²) in [6.07, 6.45) is -1.39. The quantitative estimate of drug-likeness (QED) is 0.631. The SMILES string of the molecule is FC(F)(F)c1[c]c2ccncc2cc1. The van der Waals surface area contributed by atoms with Crippen molar-refractivity contribution in [2.75, 3.05) is 0 Å². The lowest BCUT2D eigenvalue weighted by atomic mass is 10.1. The van der Waals surface area contributed by atoms with Gasteiger partial charge in [0.25, 0.3) is 0 Å². The molecule has 0 atom stereocenters. The number of hydrogen-bond donors (Lipinski definition) is 0. The van der Waals surface area contributed by atoms with E-state index in [1.54, 1.807) is 0 Å². The Morgan fingerprint density at radius 3 is 2.64 bits per heavy atom. The van der Waals surface area contributed by atoms with Gasteiger partial charge in [-0.05, 0) is 17.5 Å². The number of benzene rings is 1. The zero-order valence-corrected chi connectivity index (χ0v) is 6.97. The van der Waals surface area contributed by atoms with Crippen LogP contribution >= 0.6 is 0 Å². The topological polar surface area (TPSA) is 12.9 Å². The molecule has 1 aromatic carbocycles. The van der Waals surface area contributed by atoms with Gasteiger partial charge in [0, 0.05) is 23.8 Å². The number of rotatable bonds is 0. The minimum Gasteiger partial charge on any atom is -0.264 e. The van der Waals surface area contributed by atoms with Crippen molar-refractivity contribution in [3.05, 3.63) is 42.2 Å². The Labute approximate surface area is 78.2 Å². The third-order valence-electron chi connectivity index (χ3n) is 1.86. The second kappa shape index (κ2) is 2.97. The number of aromatic nitrogens is 1. The summed E-state index contributed by atoms with van der Waals surface area (Å²) in [5, 5.41) is 1.08. The van der Waals surface area contributed by atoms with E-state index in [4.69, 9.17) is 0 Å². The van der Waals surface area contributed by atoms with Crippen LogP contribution in [0.25, 0.3) is 10.8 Å². The largest absolute Gasteiger partial charge is 0.417 e. The lowest BCUT2D eigenvalue weighted by molar-refractivity contribution is -0.137. The standard InChI is InChI=1S/C10H5F3N/c11-10(12,13)9-2-1-8-6-14-4-3-7(8)5-9/h1-4,6H. The maximum Gasteiger partial charge on any atom is 0.417 e. The molecule has 14 heavy (non-hydrogen) atoms. The van der Waals surface area contributed by atoms with Crippen molar-refractivity contribution in [1.29, 1.82) is 0 Å². The van der Waals surface area contributed by atoms with Crippen LogP contribution in [0.1, 0.15) is 5.56 Å². The molecule has 0 aliphatic rings. The van der Waals surface area contributed by atoms with Crippen molar-refractivity contribution in [1.82, 2.24) is 4.98 Å². The van der Waals surface area contributed by atoms with Crippen LogP contribution in [0.3, 0.4) is 0 Å². The molecule has 0 amide bonds. The number of alkyl halides is 3. The molecule has 0 unspecified atom stereocenters. The van der Waals surface area contributed by atoms with E-state index < -0.39 is 11.7 Å². The van der Waals surface area contributed by atoms with Crippen LogP contribution in [-0.2, 0) is 6.18 Å². The molecule has 2 rings (SSSR count). The van der Waals surface area contributed by atoms with Crippen molar-refractivity contribution in [2.45, 2.75) is 6.18 Å². The van der Waals surface area contributed by atoms with Crippen LogP contribution in [0.5, 0.6) is 0 Å². The van der Waals surface area contributed by atoms with E-state index in [0.29, 0.717) is 10.8 Å². The first-order valence-electron chi connectivity index (χ1n) is 3.90. The Balaban J connectivity index is 2.63. The number of pyridine rings is 1. The molecule has 0 spiro atoms. The van der Waals surface area contributed by atoms with Crippen LogP contribution in [0, 0.1) is 6.07 Å². The van der Waals surface area contributed by atoms with E-state index in [-0.39, 0.29) is 0 Å². The summed E-state index contributed by atoms with van der Waals surface area (Å²) in [6, 6.07) is 6.20. The Morgan fingerprint density at radius 1 is 1.14 bits per heavy atom. The zero-order valence-electron chi connectivity index (χ0n) is 6.97. The second-order valence-electron chi connectivity index (χ2n) is 2.83. The third kappa shape index (κ3) is 1.55. The molecule has 0 aliphatic carbocycles.